The summed E-state index contributed by atoms with van der Waals surface area (Å²) in [5.74, 6) is -0.264. The number of hydrogen-bond donors (Lipinski definition) is 1. The zero-order valence-corrected chi connectivity index (χ0v) is 15.3. The number of halogens is 1. The Bertz CT molecular complexity index is 666. The molecule has 6 heteroatoms. The largest absolute Gasteiger partial charge is 0.383 e. The number of nitrogens with one attached hydrogen (secondary N) is 1. The Kier molecular flexibility index (Phi) is 5.91. The molecule has 1 N–H and O–H groups in total. The van der Waals surface area contributed by atoms with Crippen LogP contribution >= 0.6 is 0 Å². The summed E-state index contributed by atoms with van der Waals surface area (Å²) in [6, 6.07) is 6.19. The molecule has 26 heavy (non-hydrogen) atoms. The summed E-state index contributed by atoms with van der Waals surface area (Å²) in [6.45, 7) is 2.33. The van der Waals surface area contributed by atoms with Crippen LogP contribution in [0.15, 0.2) is 24.3 Å². The zero-order chi connectivity index (χ0) is 18.6. The van der Waals surface area contributed by atoms with E-state index in [1.807, 2.05) is 4.90 Å². The van der Waals surface area contributed by atoms with Gasteiger partial charge >= 0.3 is 0 Å². The summed E-state index contributed by atoms with van der Waals surface area (Å²) in [4.78, 5) is 27.1. The third-order valence-corrected chi connectivity index (χ3v) is 5.81. The normalized spacial score (nSPS) is 25.0. The lowest BCUT2D eigenvalue weighted by Crippen LogP contribution is -2.42. The molecule has 2 atom stereocenters. The van der Waals surface area contributed by atoms with Crippen molar-refractivity contribution in [3.8, 4) is 0 Å². The van der Waals surface area contributed by atoms with Gasteiger partial charge in [0.05, 0.1) is 13.0 Å². The van der Waals surface area contributed by atoms with Crippen LogP contribution in [0.2, 0.25) is 0 Å². The molecule has 1 saturated heterocycles. The third kappa shape index (κ3) is 4.06. The van der Waals surface area contributed by atoms with E-state index in [2.05, 4.69) is 5.32 Å². The van der Waals surface area contributed by atoms with E-state index in [4.69, 9.17) is 4.74 Å². The van der Waals surface area contributed by atoms with E-state index in [-0.39, 0.29) is 35.4 Å². The van der Waals surface area contributed by atoms with Crippen LogP contribution in [0.1, 0.15) is 31.2 Å². The van der Waals surface area contributed by atoms with Gasteiger partial charge in [-0.25, -0.2) is 4.39 Å². The molecule has 1 aromatic carbocycles. The molecule has 5 nitrogen and oxygen atoms in total. The Balaban J connectivity index is 1.60. The molecular formula is C20H27FN2O3. The molecule has 0 bridgehead atoms. The molecule has 2 unspecified atom stereocenters. The maximum absolute atomic E-state index is 13.3. The van der Waals surface area contributed by atoms with Gasteiger partial charge in [0.15, 0.2) is 0 Å². The number of likely N-dealkylation sites (tertiary alicyclic amines) is 1. The molecule has 1 spiro atoms. The van der Waals surface area contributed by atoms with E-state index in [9.17, 15) is 14.0 Å². The van der Waals surface area contributed by atoms with Gasteiger partial charge in [-0.3, -0.25) is 9.59 Å². The molecule has 2 fully saturated rings. The molecule has 2 amide bonds. The standard InChI is InChI=1S/C20H27FN2O3/c1-26-11-9-22-19(25)17-6-3-7-20(17)8-10-23(14-20)18(24)13-15-4-2-5-16(21)12-15/h2,4-5,12,17H,3,6-11,13-14H2,1H3,(H,22,25). The van der Waals surface area contributed by atoms with Crippen molar-refractivity contribution < 1.29 is 18.7 Å². The van der Waals surface area contributed by atoms with Crippen LogP contribution in [0.4, 0.5) is 4.39 Å². The predicted molar refractivity (Wildman–Crippen MR) is 96.0 cm³/mol. The van der Waals surface area contributed by atoms with Crippen molar-refractivity contribution in [3.63, 3.8) is 0 Å². The minimum absolute atomic E-state index is 0.0120. The van der Waals surface area contributed by atoms with E-state index in [1.165, 1.54) is 12.1 Å². The summed E-state index contributed by atoms with van der Waals surface area (Å²) in [5, 5.41) is 2.96. The van der Waals surface area contributed by atoms with Crippen molar-refractivity contribution in [1.82, 2.24) is 10.2 Å². The first-order valence-corrected chi connectivity index (χ1v) is 9.33. The van der Waals surface area contributed by atoms with E-state index < -0.39 is 0 Å². The van der Waals surface area contributed by atoms with Crippen LogP contribution in [0.25, 0.3) is 0 Å². The number of benzene rings is 1. The quantitative estimate of drug-likeness (QED) is 0.789. The SMILES string of the molecule is COCCNC(=O)C1CCCC12CCN(C(=O)Cc1cccc(F)c1)C2. The number of hydrogen-bond acceptors (Lipinski definition) is 3. The summed E-state index contributed by atoms with van der Waals surface area (Å²) < 4.78 is 18.3. The molecule has 1 aromatic rings. The van der Waals surface area contributed by atoms with Gasteiger partial charge in [0, 0.05) is 38.1 Å². The molecule has 1 aliphatic heterocycles. The van der Waals surface area contributed by atoms with Crippen molar-refractivity contribution in [3.05, 3.63) is 35.6 Å². The Morgan fingerprint density at radius 3 is 3.00 bits per heavy atom. The smallest absolute Gasteiger partial charge is 0.227 e. The highest BCUT2D eigenvalue weighted by Gasteiger charge is 2.51. The number of rotatable bonds is 6. The van der Waals surface area contributed by atoms with Gasteiger partial charge in [-0.15, -0.1) is 0 Å². The fourth-order valence-corrected chi connectivity index (χ4v) is 4.48. The van der Waals surface area contributed by atoms with Gasteiger partial charge in [0.1, 0.15) is 5.82 Å². The fourth-order valence-electron chi connectivity index (χ4n) is 4.48. The summed E-state index contributed by atoms with van der Waals surface area (Å²) in [5.41, 5.74) is 0.589. The molecule has 0 radical (unpaired) electrons. The van der Waals surface area contributed by atoms with Crippen LogP contribution < -0.4 is 5.32 Å². The van der Waals surface area contributed by atoms with Crippen molar-refractivity contribution in [2.75, 3.05) is 33.4 Å². The topological polar surface area (TPSA) is 58.6 Å². The fraction of sp³-hybridized carbons (Fsp3) is 0.600. The Labute approximate surface area is 153 Å². The highest BCUT2D eigenvalue weighted by atomic mass is 19.1. The second-order valence-corrected chi connectivity index (χ2v) is 7.46. The Morgan fingerprint density at radius 2 is 2.23 bits per heavy atom. The first-order chi connectivity index (χ1) is 12.5. The first-order valence-electron chi connectivity index (χ1n) is 9.33. The molecule has 1 aliphatic carbocycles. The van der Waals surface area contributed by atoms with E-state index in [0.29, 0.717) is 31.8 Å². The third-order valence-electron chi connectivity index (χ3n) is 5.81. The van der Waals surface area contributed by atoms with Crippen molar-refractivity contribution in [2.45, 2.75) is 32.1 Å². The van der Waals surface area contributed by atoms with Gasteiger partial charge in [-0.2, -0.15) is 0 Å². The van der Waals surface area contributed by atoms with E-state index in [0.717, 1.165) is 25.7 Å². The summed E-state index contributed by atoms with van der Waals surface area (Å²) in [6.07, 6.45) is 3.96. The summed E-state index contributed by atoms with van der Waals surface area (Å²) in [7, 11) is 1.61. The van der Waals surface area contributed by atoms with Gasteiger partial charge in [-0.1, -0.05) is 18.6 Å². The number of carbonyl (C=O) groups excluding carboxylic acids is 2. The maximum Gasteiger partial charge on any atom is 0.227 e. The Morgan fingerprint density at radius 1 is 1.38 bits per heavy atom. The van der Waals surface area contributed by atoms with Crippen LogP contribution in [0, 0.1) is 17.2 Å². The average molecular weight is 362 g/mol. The predicted octanol–water partition coefficient (Wildman–Crippen LogP) is 2.15. The maximum atomic E-state index is 13.3. The lowest BCUT2D eigenvalue weighted by atomic mass is 9.76. The second kappa shape index (κ2) is 8.16. The van der Waals surface area contributed by atoms with Gasteiger partial charge in [-0.05, 0) is 37.0 Å². The average Bonchev–Trinajstić information content (AvgIpc) is 3.23. The van der Waals surface area contributed by atoms with Crippen molar-refractivity contribution in [1.29, 1.82) is 0 Å². The number of carbonyl (C=O) groups is 2. The monoisotopic (exact) mass is 362 g/mol. The highest BCUT2D eigenvalue weighted by Crippen LogP contribution is 2.49. The van der Waals surface area contributed by atoms with Crippen molar-refractivity contribution >= 4 is 11.8 Å². The minimum Gasteiger partial charge on any atom is -0.383 e. The van der Waals surface area contributed by atoms with Crippen LogP contribution in [-0.4, -0.2) is 50.1 Å². The molecule has 3 rings (SSSR count). The molecule has 0 aromatic heterocycles. The minimum atomic E-state index is -0.322. The highest BCUT2D eigenvalue weighted by molar-refractivity contribution is 5.81. The number of amides is 2. The molecule has 142 valence electrons. The van der Waals surface area contributed by atoms with Gasteiger partial charge in [0.25, 0.3) is 0 Å². The number of methoxy groups -OCH3 is 1. The lowest BCUT2D eigenvalue weighted by Gasteiger charge is -2.30. The van der Waals surface area contributed by atoms with Crippen molar-refractivity contribution in [2.24, 2.45) is 11.3 Å². The summed E-state index contributed by atoms with van der Waals surface area (Å²) >= 11 is 0. The number of ether oxygens (including phenoxy) is 1. The molecule has 1 heterocycles. The van der Waals surface area contributed by atoms with Crippen LogP contribution in [-0.2, 0) is 20.7 Å². The number of nitrogens with zero attached hydrogens (tertiary/aromatic N) is 1. The first kappa shape index (κ1) is 18.8. The molecular weight excluding hydrogens is 335 g/mol. The van der Waals surface area contributed by atoms with E-state index >= 15 is 0 Å². The zero-order valence-electron chi connectivity index (χ0n) is 15.3. The second-order valence-electron chi connectivity index (χ2n) is 7.46. The van der Waals surface area contributed by atoms with Gasteiger partial charge < -0.3 is 15.0 Å². The molecule has 2 aliphatic rings. The lowest BCUT2D eigenvalue weighted by molar-refractivity contribution is -0.132. The van der Waals surface area contributed by atoms with E-state index in [1.54, 1.807) is 19.2 Å². The molecule has 1 saturated carbocycles. The van der Waals surface area contributed by atoms with Crippen LogP contribution in [0.5, 0.6) is 0 Å². The van der Waals surface area contributed by atoms with Gasteiger partial charge in [0.2, 0.25) is 11.8 Å². The Hall–Kier alpha value is -1.95. The van der Waals surface area contributed by atoms with Crippen LogP contribution in [0.3, 0.4) is 0 Å².